The number of carbonyl (C=O) groups is 2. The summed E-state index contributed by atoms with van der Waals surface area (Å²) < 4.78 is 0. The Balaban J connectivity index is 2.01. The second kappa shape index (κ2) is 7.88. The van der Waals surface area contributed by atoms with Gasteiger partial charge in [-0.15, -0.1) is 0 Å². The molecule has 2 rings (SSSR count). The molecule has 2 amide bonds. The van der Waals surface area contributed by atoms with Gasteiger partial charge in [0.25, 0.3) is 0 Å². The van der Waals surface area contributed by atoms with E-state index in [0.29, 0.717) is 11.6 Å². The number of nitrogens with one attached hydrogen (secondary N) is 1. The van der Waals surface area contributed by atoms with E-state index in [4.69, 9.17) is 16.7 Å². The number of benzene rings is 1. The molecule has 132 valence electrons. The van der Waals surface area contributed by atoms with Gasteiger partial charge in [-0.25, -0.2) is 4.79 Å². The third-order valence-electron chi connectivity index (χ3n) is 4.89. The first-order chi connectivity index (χ1) is 11.3. The highest BCUT2D eigenvalue weighted by atomic mass is 35.5. The van der Waals surface area contributed by atoms with Crippen molar-refractivity contribution < 1.29 is 14.7 Å². The number of aliphatic carboxylic acids is 1. The van der Waals surface area contributed by atoms with Crippen molar-refractivity contribution in [3.05, 3.63) is 34.9 Å². The van der Waals surface area contributed by atoms with Crippen LogP contribution in [0.25, 0.3) is 0 Å². The van der Waals surface area contributed by atoms with Gasteiger partial charge in [-0.05, 0) is 30.5 Å². The molecule has 5 nitrogen and oxygen atoms in total. The van der Waals surface area contributed by atoms with Crippen molar-refractivity contribution in [2.75, 3.05) is 20.1 Å². The largest absolute Gasteiger partial charge is 0.481 e. The molecule has 1 fully saturated rings. The Morgan fingerprint density at radius 3 is 2.62 bits per heavy atom. The predicted octanol–water partition coefficient (Wildman–Crippen LogP) is 3.51. The number of nitrogens with zero attached hydrogens (tertiary/aromatic N) is 1. The summed E-state index contributed by atoms with van der Waals surface area (Å²) >= 11 is 6.13. The van der Waals surface area contributed by atoms with Crippen LogP contribution in [-0.4, -0.2) is 42.1 Å². The van der Waals surface area contributed by atoms with Gasteiger partial charge in [0.15, 0.2) is 0 Å². The Labute approximate surface area is 148 Å². The molecule has 1 aromatic carbocycles. The van der Waals surface area contributed by atoms with Crippen molar-refractivity contribution in [2.45, 2.75) is 38.0 Å². The third-order valence-corrected chi connectivity index (χ3v) is 5.13. The van der Waals surface area contributed by atoms with E-state index in [0.717, 1.165) is 31.2 Å². The summed E-state index contributed by atoms with van der Waals surface area (Å²) in [5.41, 5.74) is 1.08. The zero-order valence-electron chi connectivity index (χ0n) is 14.2. The van der Waals surface area contributed by atoms with E-state index in [1.807, 2.05) is 18.2 Å². The van der Waals surface area contributed by atoms with Crippen LogP contribution >= 0.6 is 11.6 Å². The van der Waals surface area contributed by atoms with Gasteiger partial charge >= 0.3 is 12.0 Å². The van der Waals surface area contributed by atoms with Crippen molar-refractivity contribution in [1.82, 2.24) is 10.2 Å². The van der Waals surface area contributed by atoms with E-state index in [9.17, 15) is 9.59 Å². The van der Waals surface area contributed by atoms with Gasteiger partial charge in [-0.2, -0.15) is 0 Å². The van der Waals surface area contributed by atoms with Crippen LogP contribution in [0.3, 0.4) is 0 Å². The SMILES string of the molecule is CC(CN(C)C(=O)NCC1(c2cccc(Cl)c2)CCCC1)C(=O)O. The van der Waals surface area contributed by atoms with Crippen molar-refractivity contribution in [3.8, 4) is 0 Å². The average Bonchev–Trinajstić information content (AvgIpc) is 3.02. The molecule has 1 unspecified atom stereocenters. The lowest BCUT2D eigenvalue weighted by Gasteiger charge is -2.31. The van der Waals surface area contributed by atoms with E-state index < -0.39 is 11.9 Å². The lowest BCUT2D eigenvalue weighted by atomic mass is 9.79. The van der Waals surface area contributed by atoms with Crippen LogP contribution in [0, 0.1) is 5.92 Å². The highest BCUT2D eigenvalue weighted by molar-refractivity contribution is 6.30. The molecule has 0 aromatic heterocycles. The molecule has 1 aliphatic carbocycles. The Morgan fingerprint density at radius 2 is 2.04 bits per heavy atom. The fraction of sp³-hybridized carbons (Fsp3) is 0.556. The van der Waals surface area contributed by atoms with Gasteiger partial charge in [0.1, 0.15) is 0 Å². The number of carboxylic acid groups (broad SMARTS) is 1. The van der Waals surface area contributed by atoms with E-state index in [-0.39, 0.29) is 18.0 Å². The topological polar surface area (TPSA) is 69.6 Å². The minimum Gasteiger partial charge on any atom is -0.481 e. The van der Waals surface area contributed by atoms with Crippen LogP contribution in [0.5, 0.6) is 0 Å². The normalized spacial score (nSPS) is 17.3. The zero-order chi connectivity index (χ0) is 17.7. The summed E-state index contributed by atoms with van der Waals surface area (Å²) in [6.07, 6.45) is 4.30. The molecular weight excluding hydrogens is 328 g/mol. The molecule has 0 aliphatic heterocycles. The third kappa shape index (κ3) is 4.41. The molecule has 2 N–H and O–H groups in total. The maximum Gasteiger partial charge on any atom is 0.317 e. The number of amides is 2. The van der Waals surface area contributed by atoms with Crippen LogP contribution in [0.1, 0.15) is 38.2 Å². The lowest BCUT2D eigenvalue weighted by molar-refractivity contribution is -0.141. The zero-order valence-corrected chi connectivity index (χ0v) is 15.0. The molecule has 0 bridgehead atoms. The van der Waals surface area contributed by atoms with Crippen LogP contribution in [0.4, 0.5) is 4.79 Å². The van der Waals surface area contributed by atoms with Gasteiger partial charge in [-0.1, -0.05) is 43.5 Å². The number of carbonyl (C=O) groups excluding carboxylic acids is 1. The smallest absolute Gasteiger partial charge is 0.317 e. The summed E-state index contributed by atoms with van der Waals surface area (Å²) in [5, 5.41) is 12.6. The number of rotatable bonds is 6. The molecule has 24 heavy (non-hydrogen) atoms. The van der Waals surface area contributed by atoms with Gasteiger partial charge < -0.3 is 15.3 Å². The Kier molecular flexibility index (Phi) is 6.10. The number of halogens is 1. The number of hydrogen-bond acceptors (Lipinski definition) is 2. The fourth-order valence-electron chi connectivity index (χ4n) is 3.39. The molecule has 1 aromatic rings. The maximum atomic E-state index is 12.3. The van der Waals surface area contributed by atoms with E-state index >= 15 is 0 Å². The Bertz CT molecular complexity index is 600. The molecule has 0 radical (unpaired) electrons. The van der Waals surface area contributed by atoms with Crippen LogP contribution in [-0.2, 0) is 10.2 Å². The standard InChI is InChI=1S/C18H25ClN2O3/c1-13(16(22)23)11-21(2)17(24)20-12-18(8-3-4-9-18)14-6-5-7-15(19)10-14/h5-7,10,13H,3-4,8-9,11-12H2,1-2H3,(H,20,24)(H,22,23). The summed E-state index contributed by atoms with van der Waals surface area (Å²) in [7, 11) is 1.62. The van der Waals surface area contributed by atoms with Gasteiger partial charge in [-0.3, -0.25) is 4.79 Å². The molecule has 0 saturated heterocycles. The fourth-order valence-corrected chi connectivity index (χ4v) is 3.58. The molecule has 0 heterocycles. The Hall–Kier alpha value is -1.75. The van der Waals surface area contributed by atoms with Crippen molar-refractivity contribution >= 4 is 23.6 Å². The second-order valence-corrected chi connectivity index (χ2v) is 7.21. The van der Waals surface area contributed by atoms with Crippen molar-refractivity contribution in [1.29, 1.82) is 0 Å². The monoisotopic (exact) mass is 352 g/mol. The number of hydrogen-bond donors (Lipinski definition) is 2. The highest BCUT2D eigenvalue weighted by Crippen LogP contribution is 2.41. The quantitative estimate of drug-likeness (QED) is 0.823. The minimum atomic E-state index is -0.902. The summed E-state index contributed by atoms with van der Waals surface area (Å²) in [6.45, 7) is 2.32. The first-order valence-electron chi connectivity index (χ1n) is 8.32. The molecule has 1 atom stereocenters. The highest BCUT2D eigenvalue weighted by Gasteiger charge is 2.36. The summed E-state index contributed by atoms with van der Waals surface area (Å²) in [4.78, 5) is 24.6. The Morgan fingerprint density at radius 1 is 1.38 bits per heavy atom. The first-order valence-corrected chi connectivity index (χ1v) is 8.70. The van der Waals surface area contributed by atoms with E-state index in [1.165, 1.54) is 4.90 Å². The molecular formula is C18H25ClN2O3. The van der Waals surface area contributed by atoms with Gasteiger partial charge in [0, 0.05) is 30.6 Å². The van der Waals surface area contributed by atoms with E-state index in [2.05, 4.69) is 11.4 Å². The predicted molar refractivity (Wildman–Crippen MR) is 94.4 cm³/mol. The lowest BCUT2D eigenvalue weighted by Crippen LogP contribution is -2.46. The maximum absolute atomic E-state index is 12.3. The van der Waals surface area contributed by atoms with Crippen LogP contribution in [0.15, 0.2) is 24.3 Å². The molecule has 1 aliphatic rings. The number of urea groups is 1. The average molecular weight is 353 g/mol. The van der Waals surface area contributed by atoms with Crippen LogP contribution in [0.2, 0.25) is 5.02 Å². The van der Waals surface area contributed by atoms with Crippen LogP contribution < -0.4 is 5.32 Å². The first kappa shape index (κ1) is 18.6. The summed E-state index contributed by atoms with van der Waals surface area (Å²) in [5.74, 6) is -1.49. The van der Waals surface area contributed by atoms with Gasteiger partial charge in [0.2, 0.25) is 0 Å². The minimum absolute atomic E-state index is 0.0835. The molecule has 6 heteroatoms. The molecule has 0 spiro atoms. The molecule has 1 saturated carbocycles. The summed E-state index contributed by atoms with van der Waals surface area (Å²) in [6, 6.07) is 7.61. The number of carboxylic acids is 1. The van der Waals surface area contributed by atoms with Crippen molar-refractivity contribution in [2.24, 2.45) is 5.92 Å². The van der Waals surface area contributed by atoms with Gasteiger partial charge in [0.05, 0.1) is 5.92 Å². The van der Waals surface area contributed by atoms with Crippen molar-refractivity contribution in [3.63, 3.8) is 0 Å². The van der Waals surface area contributed by atoms with E-state index in [1.54, 1.807) is 14.0 Å². The second-order valence-electron chi connectivity index (χ2n) is 6.78.